The Morgan fingerprint density at radius 2 is 1.36 bits per heavy atom. The molecule has 3 rings (SSSR count). The summed E-state index contributed by atoms with van der Waals surface area (Å²) >= 11 is 0. The van der Waals surface area contributed by atoms with E-state index in [-0.39, 0.29) is 19.5 Å². The lowest BCUT2D eigenvalue weighted by atomic mass is 10.0. The van der Waals surface area contributed by atoms with Crippen molar-refractivity contribution in [2.75, 3.05) is 26.2 Å². The van der Waals surface area contributed by atoms with Crippen LogP contribution in [0.1, 0.15) is 110 Å². The van der Waals surface area contributed by atoms with Crippen molar-refractivity contribution in [3.63, 3.8) is 0 Å². The Morgan fingerprint density at radius 3 is 2.04 bits per heavy atom. The molecule has 0 saturated carbocycles. The number of H-pyrrole nitrogens is 1. The van der Waals surface area contributed by atoms with Gasteiger partial charge in [0.1, 0.15) is 5.75 Å². The molecule has 0 aliphatic rings. The van der Waals surface area contributed by atoms with Crippen molar-refractivity contribution in [3.8, 4) is 5.75 Å². The van der Waals surface area contributed by atoms with Gasteiger partial charge in [-0.2, -0.15) is 0 Å². The number of nitrogens with one attached hydrogen (secondary N) is 1. The number of nitrogens with zero attached hydrogens (tertiary/aromatic N) is 1. The molecule has 9 nitrogen and oxygen atoms in total. The van der Waals surface area contributed by atoms with Gasteiger partial charge in [-0.3, -0.25) is 18.9 Å². The van der Waals surface area contributed by atoms with Crippen LogP contribution in [0.4, 0.5) is 0 Å². The highest BCUT2D eigenvalue weighted by Gasteiger charge is 2.29. The maximum absolute atomic E-state index is 14.0. The number of fused-ring (bicyclic) bond motifs is 1. The average molecular weight is 673 g/mol. The van der Waals surface area contributed by atoms with E-state index in [4.69, 9.17) is 18.5 Å². The minimum Gasteiger partial charge on any atom is -0.422 e. The van der Waals surface area contributed by atoms with Crippen LogP contribution in [0.15, 0.2) is 64.3 Å². The zero-order valence-electron chi connectivity index (χ0n) is 28.7. The third-order valence-corrected chi connectivity index (χ3v) is 9.73. The molecule has 2 atom stereocenters. The van der Waals surface area contributed by atoms with Crippen LogP contribution in [-0.2, 0) is 25.1 Å². The summed E-state index contributed by atoms with van der Waals surface area (Å²) in [4.78, 5) is 25.7. The molecule has 2 unspecified atom stereocenters. The van der Waals surface area contributed by atoms with Crippen molar-refractivity contribution >= 4 is 18.4 Å². The molecule has 3 aromatic rings. The van der Waals surface area contributed by atoms with Crippen molar-refractivity contribution in [1.29, 1.82) is 0 Å². The van der Waals surface area contributed by atoms with E-state index >= 15 is 0 Å². The minimum absolute atomic E-state index is 0.164. The van der Waals surface area contributed by atoms with Gasteiger partial charge < -0.3 is 14.0 Å². The Labute approximate surface area is 280 Å². The second-order valence-electron chi connectivity index (χ2n) is 12.4. The lowest BCUT2D eigenvalue weighted by Crippen LogP contribution is -2.32. The molecule has 0 bridgehead atoms. The van der Waals surface area contributed by atoms with Crippen LogP contribution in [0.2, 0.25) is 0 Å². The van der Waals surface area contributed by atoms with E-state index in [1.165, 1.54) is 100 Å². The topological polar surface area (TPSA) is 109 Å². The molecule has 262 valence electrons. The maximum Gasteiger partial charge on any atom is 0.404 e. The van der Waals surface area contributed by atoms with Crippen LogP contribution < -0.4 is 15.8 Å². The highest BCUT2D eigenvalue weighted by molar-refractivity contribution is 7.54. The molecular formula is C37H57N2O7P. The average Bonchev–Trinajstić information content (AvgIpc) is 3.06. The van der Waals surface area contributed by atoms with E-state index in [1.807, 2.05) is 36.4 Å². The summed E-state index contributed by atoms with van der Waals surface area (Å²) in [6, 6.07) is 14.6. The summed E-state index contributed by atoms with van der Waals surface area (Å²) in [6.07, 6.45) is 19.8. The van der Waals surface area contributed by atoms with Gasteiger partial charge in [0, 0.05) is 30.9 Å². The van der Waals surface area contributed by atoms with Gasteiger partial charge in [-0.25, -0.2) is 9.36 Å². The summed E-state index contributed by atoms with van der Waals surface area (Å²) in [5, 5.41) is 1.78. The van der Waals surface area contributed by atoms with Crippen LogP contribution >= 0.6 is 7.60 Å². The number of unbranched alkanes of at least 4 members (excludes halogenated alkanes) is 13. The first-order valence-electron chi connectivity index (χ1n) is 17.8. The van der Waals surface area contributed by atoms with Gasteiger partial charge in [-0.05, 0) is 31.2 Å². The number of rotatable bonds is 27. The Balaban J connectivity index is 1.34. The first kappa shape index (κ1) is 38.7. The zero-order chi connectivity index (χ0) is 33.6. The molecule has 10 heteroatoms. The normalized spacial score (nSPS) is 13.5. The predicted molar refractivity (Wildman–Crippen MR) is 191 cm³/mol. The van der Waals surface area contributed by atoms with Crippen molar-refractivity contribution in [3.05, 3.63) is 75.6 Å². The van der Waals surface area contributed by atoms with Crippen molar-refractivity contribution < 1.29 is 23.1 Å². The van der Waals surface area contributed by atoms with Crippen LogP contribution in [0.5, 0.6) is 5.75 Å². The molecule has 0 aliphatic heterocycles. The number of ether oxygens (including phenoxy) is 2. The minimum atomic E-state index is -3.74. The zero-order valence-corrected chi connectivity index (χ0v) is 29.6. The number of aromatic nitrogens is 2. The lowest BCUT2D eigenvalue weighted by Gasteiger charge is -2.22. The fourth-order valence-electron chi connectivity index (χ4n) is 5.52. The van der Waals surface area contributed by atoms with E-state index in [0.717, 1.165) is 17.2 Å². The fraction of sp³-hybridized carbons (Fsp3) is 0.622. The van der Waals surface area contributed by atoms with Crippen molar-refractivity contribution in [2.45, 2.75) is 123 Å². The highest BCUT2D eigenvalue weighted by Crippen LogP contribution is 2.50. The Hall–Kier alpha value is -2.71. The SMILES string of the molecule is CCCCCCCCCCCCCCCCOCCCOP(=O)(COC(C)Cn1ccc(=O)[nH]c1=O)Oc1cccc2ccccc12. The van der Waals surface area contributed by atoms with Crippen LogP contribution in [0.25, 0.3) is 10.8 Å². The number of hydrogen-bond donors (Lipinski definition) is 1. The summed E-state index contributed by atoms with van der Waals surface area (Å²) in [5.41, 5.74) is -1.00. The molecule has 47 heavy (non-hydrogen) atoms. The predicted octanol–water partition coefficient (Wildman–Crippen LogP) is 9.23. The van der Waals surface area contributed by atoms with Crippen LogP contribution in [0.3, 0.4) is 0 Å². The first-order valence-corrected chi connectivity index (χ1v) is 19.5. The van der Waals surface area contributed by atoms with Crippen molar-refractivity contribution in [1.82, 2.24) is 9.55 Å². The fourth-order valence-corrected chi connectivity index (χ4v) is 7.00. The molecule has 1 aromatic heterocycles. The quantitative estimate of drug-likeness (QED) is 0.0635. The second-order valence-corrected chi connectivity index (χ2v) is 14.4. The van der Waals surface area contributed by atoms with Gasteiger partial charge in [-0.15, -0.1) is 0 Å². The van der Waals surface area contributed by atoms with Gasteiger partial charge in [0.05, 0.1) is 19.3 Å². The molecular weight excluding hydrogens is 615 g/mol. The third kappa shape index (κ3) is 15.8. The van der Waals surface area contributed by atoms with Gasteiger partial charge in [0.25, 0.3) is 5.56 Å². The standard InChI is InChI=1S/C37H57N2O7P/c1-3-4-5-6-7-8-9-10-11-12-13-14-15-18-27-43-28-20-29-45-47(42,46-35-24-19-22-33-21-16-17-23-34(33)35)31-44-32(2)30-39-26-25-36(40)38-37(39)41/h16-17,19,21-26,32H,3-15,18,20,27-31H2,1-2H3,(H,38,40,41). The molecule has 0 saturated heterocycles. The number of aromatic amines is 1. The van der Waals surface area contributed by atoms with E-state index in [2.05, 4.69) is 11.9 Å². The Morgan fingerprint density at radius 1 is 0.745 bits per heavy atom. The Kier molecular flexibility index (Phi) is 18.8. The van der Waals surface area contributed by atoms with Gasteiger partial charge in [0.2, 0.25) is 0 Å². The van der Waals surface area contributed by atoms with E-state index in [1.54, 1.807) is 13.0 Å². The van der Waals surface area contributed by atoms with Gasteiger partial charge in [0.15, 0.2) is 6.35 Å². The molecule has 0 fully saturated rings. The summed E-state index contributed by atoms with van der Waals surface area (Å²) in [5.74, 6) is 0.452. The molecule has 0 radical (unpaired) electrons. The lowest BCUT2D eigenvalue weighted by molar-refractivity contribution is 0.0685. The number of benzene rings is 2. The van der Waals surface area contributed by atoms with E-state index in [0.29, 0.717) is 25.4 Å². The summed E-state index contributed by atoms with van der Waals surface area (Å²) in [6.45, 7) is 5.61. The molecule has 0 spiro atoms. The largest absolute Gasteiger partial charge is 0.422 e. The number of hydrogen-bond acceptors (Lipinski definition) is 7. The van der Waals surface area contributed by atoms with Crippen LogP contribution in [0, 0.1) is 0 Å². The van der Waals surface area contributed by atoms with Crippen LogP contribution in [-0.4, -0.2) is 41.8 Å². The Bertz CT molecular complexity index is 1430. The molecule has 1 N–H and O–H groups in total. The highest BCUT2D eigenvalue weighted by atomic mass is 31.2. The first-order chi connectivity index (χ1) is 22.9. The van der Waals surface area contributed by atoms with E-state index < -0.39 is 24.9 Å². The van der Waals surface area contributed by atoms with Crippen molar-refractivity contribution in [2.24, 2.45) is 0 Å². The summed E-state index contributed by atoms with van der Waals surface area (Å²) in [7, 11) is -3.74. The third-order valence-electron chi connectivity index (χ3n) is 8.22. The summed E-state index contributed by atoms with van der Waals surface area (Å²) < 4.78 is 38.9. The monoisotopic (exact) mass is 672 g/mol. The molecule has 2 aromatic carbocycles. The molecule has 1 heterocycles. The second kappa shape index (κ2) is 22.8. The smallest absolute Gasteiger partial charge is 0.404 e. The van der Waals surface area contributed by atoms with E-state index in [9.17, 15) is 14.2 Å². The van der Waals surface area contributed by atoms with Gasteiger partial charge in [-0.1, -0.05) is 127 Å². The molecule has 0 amide bonds. The van der Waals surface area contributed by atoms with Gasteiger partial charge >= 0.3 is 13.3 Å². The molecule has 0 aliphatic carbocycles. The maximum atomic E-state index is 14.0.